The molecule has 7 nitrogen and oxygen atoms in total. The third-order valence-corrected chi connectivity index (χ3v) is 8.71. The first kappa shape index (κ1) is 26.2. The van der Waals surface area contributed by atoms with Crippen LogP contribution < -0.4 is 16.0 Å². The van der Waals surface area contributed by atoms with Crippen molar-refractivity contribution in [2.75, 3.05) is 19.5 Å². The van der Waals surface area contributed by atoms with Gasteiger partial charge in [0.05, 0.1) is 29.2 Å². The molecule has 1 saturated heterocycles. The maximum atomic E-state index is 13.8. The van der Waals surface area contributed by atoms with Crippen molar-refractivity contribution < 1.29 is 9.47 Å². The number of benzene rings is 3. The summed E-state index contributed by atoms with van der Waals surface area (Å²) in [6, 6.07) is 14.9. The Balaban J connectivity index is 1.58. The number of nitrogen functional groups attached to an aromatic ring is 1. The molecule has 10 heteroatoms. The summed E-state index contributed by atoms with van der Waals surface area (Å²) in [5.74, 6) is 0.740. The zero-order chi connectivity index (χ0) is 27.3. The van der Waals surface area contributed by atoms with E-state index in [4.69, 9.17) is 43.5 Å². The van der Waals surface area contributed by atoms with Crippen molar-refractivity contribution in [3.8, 4) is 16.9 Å². The SMILES string of the molecule is COc1ccc(Cn2c(=O)c(N)c(-c3ccc(Cl)c4nn(C5CCCCO5)cc34)c3cc(Br)c(Cl)cc32)cc1. The van der Waals surface area contributed by atoms with Gasteiger partial charge in [0, 0.05) is 33.6 Å². The topological polar surface area (TPSA) is 84.3 Å². The van der Waals surface area contributed by atoms with E-state index >= 15 is 0 Å². The number of halogens is 3. The van der Waals surface area contributed by atoms with E-state index in [9.17, 15) is 4.79 Å². The van der Waals surface area contributed by atoms with Crippen LogP contribution in [0.1, 0.15) is 31.1 Å². The molecule has 1 unspecified atom stereocenters. The molecule has 0 aliphatic carbocycles. The van der Waals surface area contributed by atoms with Gasteiger partial charge < -0.3 is 19.8 Å². The number of hydrogen-bond donors (Lipinski definition) is 1. The summed E-state index contributed by atoms with van der Waals surface area (Å²) in [4.78, 5) is 13.8. The first-order chi connectivity index (χ1) is 18.9. The number of aromatic nitrogens is 3. The Morgan fingerprint density at radius 1 is 1.10 bits per heavy atom. The predicted molar refractivity (Wildman–Crippen MR) is 160 cm³/mol. The van der Waals surface area contributed by atoms with Crippen LogP contribution in [-0.2, 0) is 11.3 Å². The normalized spacial score (nSPS) is 15.7. The molecule has 0 bridgehead atoms. The van der Waals surface area contributed by atoms with E-state index in [0.717, 1.165) is 46.9 Å². The van der Waals surface area contributed by atoms with Crippen molar-refractivity contribution in [2.45, 2.75) is 32.0 Å². The van der Waals surface area contributed by atoms with E-state index in [1.165, 1.54) is 0 Å². The molecule has 1 aliphatic heterocycles. The summed E-state index contributed by atoms with van der Waals surface area (Å²) in [6.45, 7) is 1.01. The summed E-state index contributed by atoms with van der Waals surface area (Å²) in [5.41, 5.74) is 10.1. The Morgan fingerprint density at radius 3 is 2.62 bits per heavy atom. The van der Waals surface area contributed by atoms with Crippen molar-refractivity contribution >= 4 is 66.6 Å². The second-order valence-electron chi connectivity index (χ2n) is 9.60. The number of nitrogens with zero attached hydrogens (tertiary/aromatic N) is 3. The summed E-state index contributed by atoms with van der Waals surface area (Å²) < 4.78 is 15.4. The Hall–Kier alpha value is -3.04. The first-order valence-corrected chi connectivity index (χ1v) is 14.1. The smallest absolute Gasteiger partial charge is 0.275 e. The zero-order valence-electron chi connectivity index (χ0n) is 21.1. The third-order valence-electron chi connectivity index (χ3n) is 7.21. The van der Waals surface area contributed by atoms with E-state index in [0.29, 0.717) is 44.3 Å². The molecule has 6 rings (SSSR count). The minimum atomic E-state index is -0.308. The Labute approximate surface area is 243 Å². The molecule has 0 spiro atoms. The largest absolute Gasteiger partial charge is 0.497 e. The van der Waals surface area contributed by atoms with Gasteiger partial charge in [0.2, 0.25) is 0 Å². The zero-order valence-corrected chi connectivity index (χ0v) is 24.2. The molecule has 39 heavy (non-hydrogen) atoms. The van der Waals surface area contributed by atoms with E-state index in [1.54, 1.807) is 23.8 Å². The molecule has 5 aromatic rings. The van der Waals surface area contributed by atoms with Gasteiger partial charge in [-0.25, -0.2) is 4.68 Å². The number of pyridine rings is 1. The molecule has 200 valence electrons. The van der Waals surface area contributed by atoms with Crippen LogP contribution in [0.25, 0.3) is 32.9 Å². The van der Waals surface area contributed by atoms with Crippen LogP contribution >= 0.6 is 39.1 Å². The van der Waals surface area contributed by atoms with Crippen LogP contribution in [-0.4, -0.2) is 28.1 Å². The summed E-state index contributed by atoms with van der Waals surface area (Å²) in [6.07, 6.45) is 4.76. The molecule has 1 aliphatic rings. The van der Waals surface area contributed by atoms with Crippen LogP contribution in [0.2, 0.25) is 10.0 Å². The van der Waals surface area contributed by atoms with Gasteiger partial charge in [-0.2, -0.15) is 5.10 Å². The number of anilines is 1. The number of rotatable bonds is 5. The van der Waals surface area contributed by atoms with Gasteiger partial charge in [0.15, 0.2) is 0 Å². The number of nitrogens with two attached hydrogens (primary N) is 1. The first-order valence-electron chi connectivity index (χ1n) is 12.6. The summed E-state index contributed by atoms with van der Waals surface area (Å²) in [7, 11) is 1.62. The lowest BCUT2D eigenvalue weighted by Crippen LogP contribution is -2.25. The van der Waals surface area contributed by atoms with Crippen LogP contribution in [0.15, 0.2) is 64.0 Å². The standard InChI is InChI=1S/C29H25BrCl2N4O3/c1-38-17-7-5-16(6-8-17)14-35-24-13-23(32)21(30)12-19(24)26(27(33)29(35)37)18-9-10-22(31)28-20(18)15-36(34-28)25-4-2-3-11-39-25/h5-10,12-13,15,25H,2-4,11,14,33H2,1H3. The van der Waals surface area contributed by atoms with Crippen molar-refractivity contribution in [3.05, 3.63) is 85.2 Å². The highest BCUT2D eigenvalue weighted by atomic mass is 79.9. The Morgan fingerprint density at radius 2 is 1.90 bits per heavy atom. The lowest BCUT2D eigenvalue weighted by molar-refractivity contribution is -0.0390. The monoisotopic (exact) mass is 626 g/mol. The van der Waals surface area contributed by atoms with Gasteiger partial charge in [0.1, 0.15) is 23.2 Å². The van der Waals surface area contributed by atoms with Gasteiger partial charge in [-0.1, -0.05) is 41.4 Å². The van der Waals surface area contributed by atoms with Gasteiger partial charge >= 0.3 is 0 Å². The molecule has 2 aromatic heterocycles. The fourth-order valence-electron chi connectivity index (χ4n) is 5.22. The number of ether oxygens (including phenoxy) is 2. The molecular weight excluding hydrogens is 603 g/mol. The minimum absolute atomic E-state index is 0.135. The molecule has 2 N–H and O–H groups in total. The third kappa shape index (κ3) is 4.69. The Kier molecular flexibility index (Phi) is 7.05. The summed E-state index contributed by atoms with van der Waals surface area (Å²) in [5, 5.41) is 7.35. The lowest BCUT2D eigenvalue weighted by atomic mass is 9.96. The van der Waals surface area contributed by atoms with E-state index in [-0.39, 0.29) is 17.5 Å². The second-order valence-corrected chi connectivity index (χ2v) is 11.3. The van der Waals surface area contributed by atoms with Gasteiger partial charge in [-0.05, 0) is 76.7 Å². The van der Waals surface area contributed by atoms with Gasteiger partial charge in [-0.15, -0.1) is 0 Å². The van der Waals surface area contributed by atoms with Crippen LogP contribution in [0.4, 0.5) is 5.69 Å². The van der Waals surface area contributed by atoms with E-state index < -0.39 is 0 Å². The highest BCUT2D eigenvalue weighted by molar-refractivity contribution is 9.10. The van der Waals surface area contributed by atoms with Crippen LogP contribution in [0.3, 0.4) is 0 Å². The quantitative estimate of drug-likeness (QED) is 0.219. The van der Waals surface area contributed by atoms with Gasteiger partial charge in [0.25, 0.3) is 5.56 Å². The molecule has 0 saturated carbocycles. The average molecular weight is 628 g/mol. The van der Waals surface area contributed by atoms with Crippen molar-refractivity contribution in [1.29, 1.82) is 0 Å². The van der Waals surface area contributed by atoms with Crippen molar-refractivity contribution in [1.82, 2.24) is 14.3 Å². The van der Waals surface area contributed by atoms with Crippen molar-refractivity contribution in [2.24, 2.45) is 0 Å². The van der Waals surface area contributed by atoms with E-state index in [1.807, 2.05) is 47.3 Å². The second kappa shape index (κ2) is 10.5. The maximum absolute atomic E-state index is 13.8. The van der Waals surface area contributed by atoms with Crippen molar-refractivity contribution in [3.63, 3.8) is 0 Å². The molecule has 0 amide bonds. The van der Waals surface area contributed by atoms with Gasteiger partial charge in [-0.3, -0.25) is 4.79 Å². The lowest BCUT2D eigenvalue weighted by Gasteiger charge is -2.22. The molecule has 3 aromatic carbocycles. The van der Waals surface area contributed by atoms with Crippen LogP contribution in [0, 0.1) is 0 Å². The molecular formula is C29H25BrCl2N4O3. The average Bonchev–Trinajstić information content (AvgIpc) is 3.41. The minimum Gasteiger partial charge on any atom is -0.497 e. The predicted octanol–water partition coefficient (Wildman–Crippen LogP) is 7.43. The van der Waals surface area contributed by atoms with E-state index in [2.05, 4.69) is 15.9 Å². The highest BCUT2D eigenvalue weighted by Crippen LogP contribution is 2.41. The number of fused-ring (bicyclic) bond motifs is 2. The molecule has 0 radical (unpaired) electrons. The summed E-state index contributed by atoms with van der Waals surface area (Å²) >= 11 is 16.7. The Bertz CT molecular complexity index is 1780. The fourth-order valence-corrected chi connectivity index (χ4v) is 5.92. The molecule has 1 fully saturated rings. The van der Waals surface area contributed by atoms with Crippen LogP contribution in [0.5, 0.6) is 5.75 Å². The molecule has 3 heterocycles. The number of methoxy groups -OCH3 is 1. The maximum Gasteiger partial charge on any atom is 0.275 e. The molecule has 1 atom stereocenters. The number of hydrogen-bond acceptors (Lipinski definition) is 5. The highest BCUT2D eigenvalue weighted by Gasteiger charge is 2.23. The fraction of sp³-hybridized carbons (Fsp3) is 0.241.